The molecule has 2 aromatic heterocycles. The van der Waals surface area contributed by atoms with E-state index in [0.29, 0.717) is 34.8 Å². The third-order valence-electron chi connectivity index (χ3n) is 6.15. The second-order valence-corrected chi connectivity index (χ2v) is 8.43. The Morgan fingerprint density at radius 1 is 1.00 bits per heavy atom. The molecule has 0 amide bonds. The molecule has 1 fully saturated rings. The highest BCUT2D eigenvalue weighted by Gasteiger charge is 2.27. The Morgan fingerprint density at radius 2 is 1.69 bits per heavy atom. The van der Waals surface area contributed by atoms with Crippen molar-refractivity contribution in [3.8, 4) is 5.75 Å². The number of hydrogen-bond acceptors (Lipinski definition) is 7. The van der Waals surface area contributed by atoms with Crippen molar-refractivity contribution in [3.63, 3.8) is 0 Å². The van der Waals surface area contributed by atoms with Gasteiger partial charge in [-0.25, -0.2) is 22.8 Å². The summed E-state index contributed by atoms with van der Waals surface area (Å²) in [5.41, 5.74) is 0.641. The minimum atomic E-state index is -1.07. The summed E-state index contributed by atoms with van der Waals surface area (Å²) in [5, 5.41) is 20.3. The first-order valence-corrected chi connectivity index (χ1v) is 11.2. The predicted molar refractivity (Wildman–Crippen MR) is 125 cm³/mol. The number of phenolic OH excluding ortho intramolecular Hbond substituents is 1. The van der Waals surface area contributed by atoms with Gasteiger partial charge in [-0.15, -0.1) is 0 Å². The average Bonchev–Trinajstić information content (AvgIpc) is 3.20. The second kappa shape index (κ2) is 9.41. The Balaban J connectivity index is 1.54. The van der Waals surface area contributed by atoms with Crippen LogP contribution in [0.5, 0.6) is 5.75 Å². The van der Waals surface area contributed by atoms with Gasteiger partial charge in [-0.05, 0) is 49.9 Å². The first-order chi connectivity index (χ1) is 16.9. The maximum Gasteiger partial charge on any atom is 0.229 e. The highest BCUT2D eigenvalue weighted by molar-refractivity contribution is 5.90. The average molecular weight is 484 g/mol. The molecular formula is C24H23F3N6O2. The fourth-order valence-corrected chi connectivity index (χ4v) is 4.31. The lowest BCUT2D eigenvalue weighted by Crippen LogP contribution is -2.23. The maximum atomic E-state index is 14.3. The van der Waals surface area contributed by atoms with Crippen LogP contribution in [0.25, 0.3) is 11.0 Å². The van der Waals surface area contributed by atoms with Crippen LogP contribution in [0.15, 0.2) is 42.6 Å². The number of halogens is 3. The van der Waals surface area contributed by atoms with Gasteiger partial charge in [-0.1, -0.05) is 0 Å². The van der Waals surface area contributed by atoms with Crippen molar-refractivity contribution in [3.05, 3.63) is 60.0 Å². The van der Waals surface area contributed by atoms with Crippen molar-refractivity contribution in [2.45, 2.75) is 37.8 Å². The molecule has 3 N–H and O–H groups in total. The third kappa shape index (κ3) is 4.72. The molecule has 0 atom stereocenters. The van der Waals surface area contributed by atoms with Crippen LogP contribution in [0.3, 0.4) is 0 Å². The summed E-state index contributed by atoms with van der Waals surface area (Å²) < 4.78 is 49.2. The Hall–Kier alpha value is -3.86. The third-order valence-corrected chi connectivity index (χ3v) is 6.15. The van der Waals surface area contributed by atoms with Crippen LogP contribution in [0, 0.1) is 17.5 Å². The summed E-state index contributed by atoms with van der Waals surface area (Å²) in [6.45, 7) is 0. The van der Waals surface area contributed by atoms with Gasteiger partial charge in [0.05, 0.1) is 17.5 Å². The van der Waals surface area contributed by atoms with E-state index in [1.165, 1.54) is 18.3 Å². The van der Waals surface area contributed by atoms with E-state index in [9.17, 15) is 18.3 Å². The number of phenols is 1. The van der Waals surface area contributed by atoms with E-state index in [-0.39, 0.29) is 23.7 Å². The topological polar surface area (TPSA) is 97.1 Å². The van der Waals surface area contributed by atoms with E-state index in [1.54, 1.807) is 23.9 Å². The number of hydrogen-bond donors (Lipinski definition) is 3. The molecule has 0 unspecified atom stereocenters. The van der Waals surface area contributed by atoms with Crippen molar-refractivity contribution >= 4 is 34.2 Å². The van der Waals surface area contributed by atoms with Crippen molar-refractivity contribution in [1.82, 2.24) is 19.7 Å². The number of aromatic hydroxyl groups is 1. The van der Waals surface area contributed by atoms with Gasteiger partial charge >= 0.3 is 0 Å². The molecule has 2 aromatic carbocycles. The van der Waals surface area contributed by atoms with Crippen LogP contribution in [0.4, 0.5) is 36.3 Å². The number of rotatable bonds is 6. The molecule has 0 radical (unpaired) electrons. The molecule has 1 saturated carbocycles. The van der Waals surface area contributed by atoms with Crippen molar-refractivity contribution < 1.29 is 23.0 Å². The summed E-state index contributed by atoms with van der Waals surface area (Å²) in [5.74, 6) is -2.57. The number of methoxy groups -OCH3 is 1. The fourth-order valence-electron chi connectivity index (χ4n) is 4.31. The molecule has 2 heterocycles. The van der Waals surface area contributed by atoms with Crippen LogP contribution in [-0.4, -0.2) is 38.1 Å². The smallest absolute Gasteiger partial charge is 0.229 e. The zero-order valence-electron chi connectivity index (χ0n) is 18.8. The number of anilines is 4. The molecule has 35 heavy (non-hydrogen) atoms. The Morgan fingerprint density at radius 3 is 2.34 bits per heavy atom. The molecule has 4 aromatic rings. The zero-order valence-corrected chi connectivity index (χ0v) is 18.8. The van der Waals surface area contributed by atoms with Crippen LogP contribution in [-0.2, 0) is 4.74 Å². The normalized spacial score (nSPS) is 18.1. The van der Waals surface area contributed by atoms with Gasteiger partial charge in [0, 0.05) is 31.1 Å². The van der Waals surface area contributed by atoms with Gasteiger partial charge in [0.25, 0.3) is 0 Å². The van der Waals surface area contributed by atoms with Crippen LogP contribution in [0.2, 0.25) is 0 Å². The molecule has 0 spiro atoms. The van der Waals surface area contributed by atoms with Crippen LogP contribution in [0.1, 0.15) is 31.7 Å². The highest BCUT2D eigenvalue weighted by atomic mass is 19.1. The quantitative estimate of drug-likeness (QED) is 0.308. The molecule has 8 nitrogen and oxygen atoms in total. The van der Waals surface area contributed by atoms with E-state index < -0.39 is 23.1 Å². The maximum absolute atomic E-state index is 14.3. The number of ether oxygens (including phenoxy) is 1. The molecule has 0 aliphatic heterocycles. The molecule has 182 valence electrons. The summed E-state index contributed by atoms with van der Waals surface area (Å²) in [7, 11) is 1.69. The van der Waals surface area contributed by atoms with Gasteiger partial charge < -0.3 is 20.5 Å². The van der Waals surface area contributed by atoms with Crippen molar-refractivity contribution in [2.75, 3.05) is 17.7 Å². The number of aromatic nitrogens is 4. The minimum absolute atomic E-state index is 0.00113. The molecule has 0 saturated heterocycles. The Labute approximate surface area is 198 Å². The minimum Gasteiger partial charge on any atom is -0.508 e. The fraction of sp³-hybridized carbons (Fsp3) is 0.292. The summed E-state index contributed by atoms with van der Waals surface area (Å²) in [6, 6.07) is 7.64. The van der Waals surface area contributed by atoms with E-state index in [0.717, 1.165) is 25.7 Å². The number of nitrogens with one attached hydrogen (secondary N) is 2. The monoisotopic (exact) mass is 484 g/mol. The lowest BCUT2D eigenvalue weighted by Gasteiger charge is -2.27. The molecule has 11 heteroatoms. The molecule has 1 aliphatic rings. The van der Waals surface area contributed by atoms with E-state index in [2.05, 4.69) is 25.7 Å². The number of benzene rings is 2. The summed E-state index contributed by atoms with van der Waals surface area (Å²) in [6.07, 6.45) is 4.95. The molecular weight excluding hydrogens is 461 g/mol. The lowest BCUT2D eigenvalue weighted by atomic mass is 9.93. The van der Waals surface area contributed by atoms with Gasteiger partial charge in [0.2, 0.25) is 5.95 Å². The molecule has 5 rings (SSSR count). The zero-order chi connectivity index (χ0) is 24.5. The van der Waals surface area contributed by atoms with Crippen molar-refractivity contribution in [1.29, 1.82) is 0 Å². The van der Waals surface area contributed by atoms with Gasteiger partial charge in [0.15, 0.2) is 23.1 Å². The first-order valence-electron chi connectivity index (χ1n) is 11.2. The molecule has 0 bridgehead atoms. The lowest BCUT2D eigenvalue weighted by molar-refractivity contribution is 0.0574. The van der Waals surface area contributed by atoms with E-state index >= 15 is 0 Å². The first kappa shape index (κ1) is 22.9. The molecule has 1 aliphatic carbocycles. The van der Waals surface area contributed by atoms with Gasteiger partial charge in [-0.2, -0.15) is 10.1 Å². The Kier molecular flexibility index (Phi) is 6.16. The standard InChI is InChI=1S/C24H23F3N6O2/c1-35-17-8-4-15(5-9-17)33-23-18(12-28-24(31-23)29-14-2-6-16(34)7-3-14)22(32-33)30-21-19(26)10-13(25)11-20(21)27/h2-3,6-7,10-12,15,17,34H,4-5,8-9H2,1H3,(H,30,32)(H,28,29,31). The number of nitrogens with zero attached hydrogens (tertiary/aromatic N) is 4. The van der Waals surface area contributed by atoms with E-state index in [4.69, 9.17) is 4.74 Å². The Bertz CT molecular complexity index is 1330. The number of fused-ring (bicyclic) bond motifs is 1. The SMILES string of the molecule is COC1CCC(n2nc(Nc3c(F)cc(F)cc3F)c3cnc(Nc4ccc(O)cc4)nc32)CC1. The largest absolute Gasteiger partial charge is 0.508 e. The van der Waals surface area contributed by atoms with Gasteiger partial charge in [-0.3, -0.25) is 0 Å². The van der Waals surface area contributed by atoms with Gasteiger partial charge in [0.1, 0.15) is 17.3 Å². The van der Waals surface area contributed by atoms with Crippen LogP contribution < -0.4 is 10.6 Å². The van der Waals surface area contributed by atoms with E-state index in [1.807, 2.05) is 0 Å². The van der Waals surface area contributed by atoms with Crippen LogP contribution >= 0.6 is 0 Å². The highest BCUT2D eigenvalue weighted by Crippen LogP contribution is 2.35. The summed E-state index contributed by atoms with van der Waals surface area (Å²) >= 11 is 0. The summed E-state index contributed by atoms with van der Waals surface area (Å²) in [4.78, 5) is 8.95. The van der Waals surface area contributed by atoms with Crippen molar-refractivity contribution in [2.24, 2.45) is 0 Å². The second-order valence-electron chi connectivity index (χ2n) is 8.43. The predicted octanol–water partition coefficient (Wildman–Crippen LogP) is 5.57.